The van der Waals surface area contributed by atoms with Crippen LogP contribution in [-0.2, 0) is 0 Å². The molecule has 0 aliphatic heterocycles. The largest absolute Gasteiger partial charge is 0.359 e. The zero-order chi connectivity index (χ0) is 9.03. The van der Waals surface area contributed by atoms with Crippen molar-refractivity contribution in [2.75, 3.05) is 20.6 Å². The minimum Gasteiger partial charge on any atom is -0.359 e. The molecule has 0 bridgehead atoms. The molecule has 0 radical (unpaired) electrons. The van der Waals surface area contributed by atoms with Crippen molar-refractivity contribution in [3.05, 3.63) is 0 Å². The number of halogens is 2. The van der Waals surface area contributed by atoms with E-state index in [1.165, 1.54) is 0 Å². The predicted octanol–water partition coefficient (Wildman–Crippen LogP) is 1.29. The van der Waals surface area contributed by atoms with Crippen LogP contribution in [-0.4, -0.2) is 32.3 Å². The molecule has 1 saturated carbocycles. The van der Waals surface area contributed by atoms with Gasteiger partial charge in [0.05, 0.1) is 6.54 Å². The highest BCUT2D eigenvalue weighted by Gasteiger charge is 2.36. The SMILES string of the molecule is CN=C(NC)NCC1(F)CCC1.I. The van der Waals surface area contributed by atoms with E-state index >= 15 is 0 Å². The standard InChI is InChI=1S/C8H16FN3.HI/c1-10-7(11-2)12-6-8(9)4-3-5-8;/h3-6H2,1-2H3,(H2,10,11,12);1H. The summed E-state index contributed by atoms with van der Waals surface area (Å²) in [6, 6.07) is 0. The number of alkyl halides is 1. The van der Waals surface area contributed by atoms with Crippen molar-refractivity contribution in [2.45, 2.75) is 24.9 Å². The maximum Gasteiger partial charge on any atom is 0.190 e. The zero-order valence-electron chi connectivity index (χ0n) is 8.06. The summed E-state index contributed by atoms with van der Waals surface area (Å²) in [5, 5.41) is 5.77. The first-order valence-corrected chi connectivity index (χ1v) is 4.27. The van der Waals surface area contributed by atoms with Gasteiger partial charge in [0.15, 0.2) is 5.96 Å². The number of nitrogens with zero attached hydrogens (tertiary/aromatic N) is 1. The number of aliphatic imine (C=N–C) groups is 1. The van der Waals surface area contributed by atoms with Crippen LogP contribution in [0, 0.1) is 0 Å². The van der Waals surface area contributed by atoms with E-state index in [-0.39, 0.29) is 24.0 Å². The molecule has 0 aromatic rings. The summed E-state index contributed by atoms with van der Waals surface area (Å²) in [5.41, 5.74) is -0.979. The van der Waals surface area contributed by atoms with Gasteiger partial charge in [0.25, 0.3) is 0 Å². The molecule has 0 amide bonds. The van der Waals surface area contributed by atoms with Crippen molar-refractivity contribution in [1.82, 2.24) is 10.6 Å². The van der Waals surface area contributed by atoms with E-state index in [1.807, 2.05) is 0 Å². The van der Waals surface area contributed by atoms with Crippen LogP contribution in [0.15, 0.2) is 4.99 Å². The zero-order valence-corrected chi connectivity index (χ0v) is 10.4. The van der Waals surface area contributed by atoms with Gasteiger partial charge in [0.1, 0.15) is 5.67 Å². The first-order valence-electron chi connectivity index (χ1n) is 4.27. The van der Waals surface area contributed by atoms with Gasteiger partial charge in [-0.1, -0.05) is 0 Å². The maximum absolute atomic E-state index is 13.4. The van der Waals surface area contributed by atoms with Crippen LogP contribution >= 0.6 is 24.0 Å². The lowest BCUT2D eigenvalue weighted by atomic mass is 9.82. The second kappa shape index (κ2) is 5.62. The smallest absolute Gasteiger partial charge is 0.190 e. The molecule has 1 aliphatic carbocycles. The van der Waals surface area contributed by atoms with Crippen LogP contribution in [0.25, 0.3) is 0 Å². The summed E-state index contributed by atoms with van der Waals surface area (Å²) >= 11 is 0. The van der Waals surface area contributed by atoms with Crippen molar-refractivity contribution in [2.24, 2.45) is 4.99 Å². The molecule has 1 rings (SSSR count). The summed E-state index contributed by atoms with van der Waals surface area (Å²) in [7, 11) is 3.44. The van der Waals surface area contributed by atoms with Crippen molar-refractivity contribution in [3.8, 4) is 0 Å². The Labute approximate surface area is 95.6 Å². The predicted molar refractivity (Wildman–Crippen MR) is 63.5 cm³/mol. The lowest BCUT2D eigenvalue weighted by Gasteiger charge is -2.34. The quantitative estimate of drug-likeness (QED) is 0.458. The lowest BCUT2D eigenvalue weighted by molar-refractivity contribution is 0.0683. The van der Waals surface area contributed by atoms with E-state index in [1.54, 1.807) is 14.1 Å². The van der Waals surface area contributed by atoms with Crippen LogP contribution in [0.3, 0.4) is 0 Å². The normalized spacial score (nSPS) is 19.8. The average molecular weight is 301 g/mol. The average Bonchev–Trinajstić information content (AvgIpc) is 2.03. The van der Waals surface area contributed by atoms with Crippen LogP contribution < -0.4 is 10.6 Å². The van der Waals surface area contributed by atoms with E-state index in [2.05, 4.69) is 15.6 Å². The molecule has 0 heterocycles. The fourth-order valence-corrected chi connectivity index (χ4v) is 1.26. The van der Waals surface area contributed by atoms with Crippen molar-refractivity contribution < 1.29 is 4.39 Å². The Hall–Kier alpha value is -0.0700. The molecule has 1 aliphatic rings. The number of guanidine groups is 1. The molecular weight excluding hydrogens is 284 g/mol. The summed E-state index contributed by atoms with van der Waals surface area (Å²) in [6.45, 7) is 0.376. The van der Waals surface area contributed by atoms with Gasteiger partial charge in [-0.05, 0) is 19.3 Å². The molecule has 1 fully saturated rings. The molecule has 2 N–H and O–H groups in total. The molecular formula is C8H17FIN3. The monoisotopic (exact) mass is 301 g/mol. The number of hydrogen-bond acceptors (Lipinski definition) is 1. The Morgan fingerprint density at radius 1 is 1.54 bits per heavy atom. The van der Waals surface area contributed by atoms with Gasteiger partial charge in [-0.25, -0.2) is 4.39 Å². The van der Waals surface area contributed by atoms with E-state index in [4.69, 9.17) is 0 Å². The summed E-state index contributed by atoms with van der Waals surface area (Å²) in [5.74, 6) is 0.652. The molecule has 13 heavy (non-hydrogen) atoms. The van der Waals surface area contributed by atoms with Gasteiger partial charge in [0.2, 0.25) is 0 Å². The highest BCUT2D eigenvalue weighted by molar-refractivity contribution is 14.0. The Morgan fingerprint density at radius 2 is 2.15 bits per heavy atom. The first kappa shape index (κ1) is 12.9. The van der Waals surface area contributed by atoms with Crippen LogP contribution in [0.4, 0.5) is 4.39 Å². The summed E-state index contributed by atoms with van der Waals surface area (Å²) in [6.07, 6.45) is 2.37. The third-order valence-corrected chi connectivity index (χ3v) is 2.28. The van der Waals surface area contributed by atoms with Crippen LogP contribution in [0.2, 0.25) is 0 Å². The van der Waals surface area contributed by atoms with Crippen molar-refractivity contribution >= 4 is 29.9 Å². The Bertz CT molecular complexity index is 180. The highest BCUT2D eigenvalue weighted by atomic mass is 127. The minimum absolute atomic E-state index is 0. The topological polar surface area (TPSA) is 36.4 Å². The van der Waals surface area contributed by atoms with Gasteiger partial charge in [-0.2, -0.15) is 0 Å². The molecule has 0 aromatic carbocycles. The minimum atomic E-state index is -0.979. The van der Waals surface area contributed by atoms with Crippen molar-refractivity contribution in [1.29, 1.82) is 0 Å². The molecule has 0 spiro atoms. The maximum atomic E-state index is 13.4. The number of hydrogen-bond donors (Lipinski definition) is 2. The van der Waals surface area contributed by atoms with E-state index in [0.29, 0.717) is 25.3 Å². The van der Waals surface area contributed by atoms with Crippen molar-refractivity contribution in [3.63, 3.8) is 0 Å². The lowest BCUT2D eigenvalue weighted by Crippen LogP contribution is -2.47. The second-order valence-corrected chi connectivity index (χ2v) is 3.18. The molecule has 0 saturated heterocycles. The molecule has 0 unspecified atom stereocenters. The summed E-state index contributed by atoms with van der Waals surface area (Å²) in [4.78, 5) is 3.90. The van der Waals surface area contributed by atoms with Gasteiger partial charge in [-0.3, -0.25) is 4.99 Å². The molecule has 3 nitrogen and oxygen atoms in total. The van der Waals surface area contributed by atoms with Gasteiger partial charge in [0, 0.05) is 14.1 Å². The number of rotatable bonds is 2. The summed E-state index contributed by atoms with van der Waals surface area (Å²) < 4.78 is 13.4. The Kier molecular flexibility index (Phi) is 5.59. The first-order chi connectivity index (χ1) is 5.70. The fourth-order valence-electron chi connectivity index (χ4n) is 1.26. The third kappa shape index (κ3) is 3.66. The van der Waals surface area contributed by atoms with Gasteiger partial charge < -0.3 is 10.6 Å². The number of nitrogens with one attached hydrogen (secondary N) is 2. The van der Waals surface area contributed by atoms with E-state index in [9.17, 15) is 4.39 Å². The van der Waals surface area contributed by atoms with E-state index < -0.39 is 5.67 Å². The van der Waals surface area contributed by atoms with Crippen LogP contribution in [0.1, 0.15) is 19.3 Å². The fraction of sp³-hybridized carbons (Fsp3) is 0.875. The third-order valence-electron chi connectivity index (χ3n) is 2.28. The molecule has 0 atom stereocenters. The van der Waals surface area contributed by atoms with Gasteiger partial charge >= 0.3 is 0 Å². The Morgan fingerprint density at radius 3 is 2.46 bits per heavy atom. The second-order valence-electron chi connectivity index (χ2n) is 3.18. The van der Waals surface area contributed by atoms with Gasteiger partial charge in [-0.15, -0.1) is 24.0 Å². The van der Waals surface area contributed by atoms with E-state index in [0.717, 1.165) is 6.42 Å². The molecule has 78 valence electrons. The highest BCUT2D eigenvalue weighted by Crippen LogP contribution is 2.34. The molecule has 0 aromatic heterocycles. The Balaban J connectivity index is 0.00000144. The van der Waals surface area contributed by atoms with Crippen LogP contribution in [0.5, 0.6) is 0 Å². The molecule has 5 heteroatoms.